The molecule has 0 bridgehead atoms. The summed E-state index contributed by atoms with van der Waals surface area (Å²) in [4.78, 5) is 34.6. The summed E-state index contributed by atoms with van der Waals surface area (Å²) < 4.78 is 0. The zero-order valence-corrected chi connectivity index (χ0v) is 15.4. The van der Waals surface area contributed by atoms with Crippen molar-refractivity contribution in [2.24, 2.45) is 0 Å². The van der Waals surface area contributed by atoms with Crippen molar-refractivity contribution in [3.05, 3.63) is 59.7 Å². The maximum absolute atomic E-state index is 12.0. The number of benzene rings is 2. The predicted molar refractivity (Wildman–Crippen MR) is 103 cm³/mol. The van der Waals surface area contributed by atoms with Crippen molar-refractivity contribution in [2.75, 3.05) is 6.54 Å². The van der Waals surface area contributed by atoms with Crippen LogP contribution in [0, 0.1) is 11.3 Å². The lowest BCUT2D eigenvalue weighted by Crippen LogP contribution is -2.37. The van der Waals surface area contributed by atoms with Gasteiger partial charge in [0, 0.05) is 6.54 Å². The molecule has 0 aromatic heterocycles. The van der Waals surface area contributed by atoms with Crippen molar-refractivity contribution in [1.82, 2.24) is 16.0 Å². The molecule has 3 N–H and O–H groups in total. The average Bonchev–Trinajstić information content (AvgIpc) is 3.03. The summed E-state index contributed by atoms with van der Waals surface area (Å²) in [5.41, 5.74) is 3.67. The number of hydrogen-bond acceptors (Lipinski definition) is 4. The van der Waals surface area contributed by atoms with Gasteiger partial charge < -0.3 is 10.6 Å². The van der Waals surface area contributed by atoms with Crippen LogP contribution in [0.5, 0.6) is 0 Å². The lowest BCUT2D eigenvalue weighted by atomic mass is 9.97. The standard InChI is InChI=1S/C21H20N4O3/c1-13(12-23-19(26)10-18-20(27)25-21(28)24-18)15-5-7-16(8-6-15)17-4-2-3-14(9-17)11-22/h2-9,13,18H,10,12H2,1H3,(H,23,26)(H2,24,25,27,28). The topological polar surface area (TPSA) is 111 Å². The van der Waals surface area contributed by atoms with E-state index in [0.29, 0.717) is 12.1 Å². The van der Waals surface area contributed by atoms with Gasteiger partial charge in [0.2, 0.25) is 5.91 Å². The first-order valence-corrected chi connectivity index (χ1v) is 8.95. The Bertz CT molecular complexity index is 947. The molecule has 0 spiro atoms. The van der Waals surface area contributed by atoms with Crippen LogP contribution in [-0.2, 0) is 9.59 Å². The van der Waals surface area contributed by atoms with E-state index in [4.69, 9.17) is 5.26 Å². The van der Waals surface area contributed by atoms with Gasteiger partial charge in [-0.2, -0.15) is 5.26 Å². The minimum absolute atomic E-state index is 0.0791. The Balaban J connectivity index is 1.55. The van der Waals surface area contributed by atoms with E-state index in [1.54, 1.807) is 6.07 Å². The van der Waals surface area contributed by atoms with Gasteiger partial charge in [-0.15, -0.1) is 0 Å². The Morgan fingerprint density at radius 3 is 2.57 bits per heavy atom. The molecular weight excluding hydrogens is 356 g/mol. The summed E-state index contributed by atoms with van der Waals surface area (Å²) in [5, 5.41) is 16.3. The van der Waals surface area contributed by atoms with Gasteiger partial charge in [-0.1, -0.05) is 43.3 Å². The number of carbonyl (C=O) groups excluding carboxylic acids is 3. The Morgan fingerprint density at radius 2 is 1.93 bits per heavy atom. The molecule has 3 rings (SSSR count). The summed E-state index contributed by atoms with van der Waals surface area (Å²) in [7, 11) is 0. The number of hydrogen-bond donors (Lipinski definition) is 3. The molecule has 28 heavy (non-hydrogen) atoms. The van der Waals surface area contributed by atoms with Gasteiger partial charge >= 0.3 is 6.03 Å². The second-order valence-electron chi connectivity index (χ2n) is 6.74. The first-order valence-electron chi connectivity index (χ1n) is 8.95. The molecule has 1 aliphatic rings. The first kappa shape index (κ1) is 19.1. The number of nitrogens with zero attached hydrogens (tertiary/aromatic N) is 1. The van der Waals surface area contributed by atoms with E-state index in [9.17, 15) is 14.4 Å². The van der Waals surface area contributed by atoms with Crippen LogP contribution in [0.1, 0.15) is 30.4 Å². The van der Waals surface area contributed by atoms with Crippen LogP contribution in [0.15, 0.2) is 48.5 Å². The van der Waals surface area contributed by atoms with Crippen LogP contribution in [0.25, 0.3) is 11.1 Å². The third kappa shape index (κ3) is 4.54. The van der Waals surface area contributed by atoms with Gasteiger partial charge in [0.25, 0.3) is 5.91 Å². The van der Waals surface area contributed by atoms with Gasteiger partial charge in [-0.05, 0) is 34.7 Å². The maximum Gasteiger partial charge on any atom is 0.322 e. The van der Waals surface area contributed by atoms with E-state index >= 15 is 0 Å². The van der Waals surface area contributed by atoms with Gasteiger partial charge in [-0.25, -0.2) is 4.79 Å². The molecule has 0 aliphatic carbocycles. The fraction of sp³-hybridized carbons (Fsp3) is 0.238. The Morgan fingerprint density at radius 1 is 1.18 bits per heavy atom. The zero-order chi connectivity index (χ0) is 20.1. The Labute approximate surface area is 162 Å². The SMILES string of the molecule is CC(CNC(=O)CC1NC(=O)NC1=O)c1ccc(-c2cccc(C#N)c2)cc1. The van der Waals surface area contributed by atoms with Gasteiger partial charge in [0.15, 0.2) is 0 Å². The van der Waals surface area contributed by atoms with Crippen molar-refractivity contribution >= 4 is 17.8 Å². The number of urea groups is 1. The summed E-state index contributed by atoms with van der Waals surface area (Å²) in [6.07, 6.45) is -0.0849. The molecule has 2 unspecified atom stereocenters. The molecule has 2 aromatic carbocycles. The fourth-order valence-corrected chi connectivity index (χ4v) is 3.02. The smallest absolute Gasteiger partial charge is 0.322 e. The van der Waals surface area contributed by atoms with Crippen LogP contribution >= 0.6 is 0 Å². The summed E-state index contributed by atoms with van der Waals surface area (Å²) in [6, 6.07) is 16.1. The van der Waals surface area contributed by atoms with Crippen molar-refractivity contribution in [3.8, 4) is 17.2 Å². The lowest BCUT2D eigenvalue weighted by Gasteiger charge is -2.15. The number of imide groups is 1. The predicted octanol–water partition coefficient (Wildman–Crippen LogP) is 2.04. The molecule has 0 saturated carbocycles. The highest BCUT2D eigenvalue weighted by Gasteiger charge is 2.31. The van der Waals surface area contributed by atoms with Crippen molar-refractivity contribution in [2.45, 2.75) is 25.3 Å². The summed E-state index contributed by atoms with van der Waals surface area (Å²) in [6.45, 7) is 2.42. The molecule has 1 saturated heterocycles. The second-order valence-corrected chi connectivity index (χ2v) is 6.74. The first-order chi connectivity index (χ1) is 13.5. The maximum atomic E-state index is 12.0. The highest BCUT2D eigenvalue weighted by Crippen LogP contribution is 2.23. The molecule has 1 aliphatic heterocycles. The monoisotopic (exact) mass is 376 g/mol. The number of nitriles is 1. The highest BCUT2D eigenvalue weighted by molar-refractivity contribution is 6.05. The molecule has 142 valence electrons. The van der Waals surface area contributed by atoms with Crippen molar-refractivity contribution in [1.29, 1.82) is 5.26 Å². The van der Waals surface area contributed by atoms with Crippen LogP contribution in [-0.4, -0.2) is 30.4 Å². The molecule has 7 nitrogen and oxygen atoms in total. The molecule has 1 heterocycles. The number of carbonyl (C=O) groups is 3. The quantitative estimate of drug-likeness (QED) is 0.670. The van der Waals surface area contributed by atoms with Gasteiger partial charge in [-0.3, -0.25) is 14.9 Å². The molecule has 1 fully saturated rings. The van der Waals surface area contributed by atoms with Crippen LogP contribution < -0.4 is 16.0 Å². The number of rotatable bonds is 6. The molecule has 2 atom stereocenters. The van der Waals surface area contributed by atoms with E-state index in [0.717, 1.165) is 16.7 Å². The van der Waals surface area contributed by atoms with E-state index in [-0.39, 0.29) is 18.2 Å². The van der Waals surface area contributed by atoms with Crippen LogP contribution in [0.3, 0.4) is 0 Å². The fourth-order valence-electron chi connectivity index (χ4n) is 3.02. The van der Waals surface area contributed by atoms with Crippen LogP contribution in [0.2, 0.25) is 0 Å². The average molecular weight is 376 g/mol. The van der Waals surface area contributed by atoms with Gasteiger partial charge in [0.1, 0.15) is 6.04 Å². The van der Waals surface area contributed by atoms with Crippen molar-refractivity contribution in [3.63, 3.8) is 0 Å². The van der Waals surface area contributed by atoms with Gasteiger partial charge in [0.05, 0.1) is 18.1 Å². The van der Waals surface area contributed by atoms with Crippen LogP contribution in [0.4, 0.5) is 4.79 Å². The number of amides is 4. The molecular formula is C21H20N4O3. The summed E-state index contributed by atoms with van der Waals surface area (Å²) in [5.74, 6) is -0.696. The van der Waals surface area contributed by atoms with Crippen molar-refractivity contribution < 1.29 is 14.4 Å². The van der Waals surface area contributed by atoms with E-state index < -0.39 is 18.0 Å². The van der Waals surface area contributed by atoms with E-state index in [1.165, 1.54) is 0 Å². The second kappa shape index (κ2) is 8.35. The Hall–Kier alpha value is -3.66. The van der Waals surface area contributed by atoms with E-state index in [1.807, 2.05) is 49.4 Å². The largest absolute Gasteiger partial charge is 0.355 e. The molecule has 2 aromatic rings. The summed E-state index contributed by atoms with van der Waals surface area (Å²) >= 11 is 0. The highest BCUT2D eigenvalue weighted by atomic mass is 16.2. The van der Waals surface area contributed by atoms with E-state index in [2.05, 4.69) is 22.0 Å². The lowest BCUT2D eigenvalue weighted by molar-refractivity contribution is -0.126. The third-order valence-electron chi connectivity index (χ3n) is 4.66. The third-order valence-corrected chi connectivity index (χ3v) is 4.66. The molecule has 4 amide bonds. The zero-order valence-electron chi connectivity index (χ0n) is 15.4. The Kier molecular flexibility index (Phi) is 5.70. The number of nitrogens with one attached hydrogen (secondary N) is 3. The minimum Gasteiger partial charge on any atom is -0.355 e. The molecule has 0 radical (unpaired) electrons. The minimum atomic E-state index is -0.814. The molecule has 7 heteroatoms. The normalized spacial score (nSPS) is 16.6.